The van der Waals surface area contributed by atoms with E-state index >= 15 is 0 Å². The number of nitrogens with zero attached hydrogens (tertiary/aromatic N) is 1. The van der Waals surface area contributed by atoms with E-state index in [9.17, 15) is 4.79 Å². The van der Waals surface area contributed by atoms with E-state index in [4.69, 9.17) is 10.5 Å². The molecule has 1 fully saturated rings. The van der Waals surface area contributed by atoms with Gasteiger partial charge in [-0.15, -0.1) is 0 Å². The Hall–Kier alpha value is -1.71. The zero-order chi connectivity index (χ0) is 14.4. The van der Waals surface area contributed by atoms with Crippen LogP contribution in [0, 0.1) is 5.92 Å². The van der Waals surface area contributed by atoms with E-state index in [0.717, 1.165) is 6.54 Å². The molecule has 1 amide bonds. The number of carbonyl (C=O) groups is 1. The number of anilines is 1. The first-order valence-electron chi connectivity index (χ1n) is 7.37. The number of benzene rings is 1. The highest BCUT2D eigenvalue weighted by Gasteiger charge is 2.18. The van der Waals surface area contributed by atoms with Gasteiger partial charge >= 0.3 is 0 Å². The summed E-state index contributed by atoms with van der Waals surface area (Å²) in [5.74, 6) is 1.33. The Balaban J connectivity index is 1.76. The van der Waals surface area contributed by atoms with Crippen LogP contribution >= 0.6 is 0 Å². The Morgan fingerprint density at radius 1 is 1.35 bits per heavy atom. The Bertz CT molecular complexity index is 442. The van der Waals surface area contributed by atoms with Crippen LogP contribution in [0.15, 0.2) is 24.3 Å². The molecule has 1 aromatic carbocycles. The summed E-state index contributed by atoms with van der Waals surface area (Å²) in [5, 5.41) is 0. The minimum Gasteiger partial charge on any atom is -0.484 e. The van der Waals surface area contributed by atoms with Crippen molar-refractivity contribution in [1.29, 1.82) is 0 Å². The van der Waals surface area contributed by atoms with Gasteiger partial charge in [-0.05, 0) is 30.9 Å². The number of nitrogen functional groups attached to an aromatic ring is 1. The Labute approximate surface area is 120 Å². The van der Waals surface area contributed by atoms with Crippen LogP contribution in [-0.2, 0) is 4.79 Å². The maximum Gasteiger partial charge on any atom is 0.260 e. The van der Waals surface area contributed by atoms with E-state index in [1.165, 1.54) is 32.1 Å². The molecule has 2 N–H and O–H groups in total. The Kier molecular flexibility index (Phi) is 5.27. The van der Waals surface area contributed by atoms with Gasteiger partial charge in [0.15, 0.2) is 6.61 Å². The number of ether oxygens (including phenoxy) is 1. The van der Waals surface area contributed by atoms with Gasteiger partial charge in [0, 0.05) is 25.3 Å². The summed E-state index contributed by atoms with van der Waals surface area (Å²) in [6.07, 6.45) is 6.42. The number of rotatable bonds is 5. The lowest BCUT2D eigenvalue weighted by atomic mass is 9.89. The van der Waals surface area contributed by atoms with Crippen LogP contribution in [0.4, 0.5) is 5.69 Å². The highest BCUT2D eigenvalue weighted by Crippen LogP contribution is 2.24. The van der Waals surface area contributed by atoms with Crippen LogP contribution in [0.25, 0.3) is 0 Å². The van der Waals surface area contributed by atoms with Crippen molar-refractivity contribution in [2.24, 2.45) is 5.92 Å². The van der Waals surface area contributed by atoms with Crippen molar-refractivity contribution < 1.29 is 9.53 Å². The maximum atomic E-state index is 12.0. The fraction of sp³-hybridized carbons (Fsp3) is 0.562. The van der Waals surface area contributed by atoms with Crippen molar-refractivity contribution in [2.75, 3.05) is 25.9 Å². The summed E-state index contributed by atoms with van der Waals surface area (Å²) >= 11 is 0. The second-order valence-corrected chi connectivity index (χ2v) is 5.64. The molecule has 20 heavy (non-hydrogen) atoms. The summed E-state index contributed by atoms with van der Waals surface area (Å²) in [6, 6.07) is 7.16. The highest BCUT2D eigenvalue weighted by atomic mass is 16.5. The van der Waals surface area contributed by atoms with Gasteiger partial charge in [-0.2, -0.15) is 0 Å². The molecule has 1 aromatic rings. The molecule has 0 aromatic heterocycles. The third-order valence-corrected chi connectivity index (χ3v) is 3.90. The zero-order valence-corrected chi connectivity index (χ0v) is 12.2. The van der Waals surface area contributed by atoms with Gasteiger partial charge in [-0.3, -0.25) is 4.79 Å². The molecule has 4 nitrogen and oxygen atoms in total. The van der Waals surface area contributed by atoms with E-state index in [0.29, 0.717) is 17.4 Å². The molecular formula is C16H24N2O2. The smallest absolute Gasteiger partial charge is 0.260 e. The number of nitrogens with two attached hydrogens (primary N) is 1. The predicted molar refractivity (Wildman–Crippen MR) is 80.6 cm³/mol. The fourth-order valence-corrected chi connectivity index (χ4v) is 2.72. The van der Waals surface area contributed by atoms with Crippen molar-refractivity contribution in [2.45, 2.75) is 32.1 Å². The highest BCUT2D eigenvalue weighted by molar-refractivity contribution is 5.77. The van der Waals surface area contributed by atoms with Crippen LogP contribution < -0.4 is 10.5 Å². The molecule has 4 heteroatoms. The number of hydrogen-bond acceptors (Lipinski definition) is 3. The lowest BCUT2D eigenvalue weighted by Crippen LogP contribution is -2.35. The van der Waals surface area contributed by atoms with Crippen LogP contribution in [0.3, 0.4) is 0 Å². The molecule has 0 spiro atoms. The van der Waals surface area contributed by atoms with E-state index in [1.54, 1.807) is 17.0 Å². The van der Waals surface area contributed by atoms with Gasteiger partial charge in [0.1, 0.15) is 5.75 Å². The van der Waals surface area contributed by atoms with E-state index in [1.807, 2.05) is 19.2 Å². The van der Waals surface area contributed by atoms with Gasteiger partial charge in [0.2, 0.25) is 0 Å². The normalized spacial score (nSPS) is 15.8. The van der Waals surface area contributed by atoms with Crippen LogP contribution in [0.2, 0.25) is 0 Å². The maximum absolute atomic E-state index is 12.0. The molecular weight excluding hydrogens is 252 g/mol. The monoisotopic (exact) mass is 276 g/mol. The zero-order valence-electron chi connectivity index (χ0n) is 12.2. The summed E-state index contributed by atoms with van der Waals surface area (Å²) in [7, 11) is 1.86. The van der Waals surface area contributed by atoms with Gasteiger partial charge in [0.25, 0.3) is 5.91 Å². The van der Waals surface area contributed by atoms with Crippen molar-refractivity contribution in [1.82, 2.24) is 4.90 Å². The van der Waals surface area contributed by atoms with Gasteiger partial charge in [-0.1, -0.05) is 25.3 Å². The minimum absolute atomic E-state index is 0.0259. The second-order valence-electron chi connectivity index (χ2n) is 5.64. The number of likely N-dealkylation sites (N-methyl/N-ethyl adjacent to an activating group) is 1. The average Bonchev–Trinajstić information content (AvgIpc) is 2.46. The molecule has 0 atom stereocenters. The first-order chi connectivity index (χ1) is 9.65. The summed E-state index contributed by atoms with van der Waals surface area (Å²) in [5.41, 5.74) is 6.32. The fourth-order valence-electron chi connectivity index (χ4n) is 2.72. The lowest BCUT2D eigenvalue weighted by molar-refractivity contribution is -0.132. The number of carbonyl (C=O) groups excluding carboxylic acids is 1. The summed E-state index contributed by atoms with van der Waals surface area (Å²) in [6.45, 7) is 0.922. The third kappa shape index (κ3) is 4.44. The van der Waals surface area contributed by atoms with E-state index in [2.05, 4.69) is 0 Å². The largest absolute Gasteiger partial charge is 0.484 e. The lowest BCUT2D eigenvalue weighted by Gasteiger charge is -2.27. The van der Waals surface area contributed by atoms with Gasteiger partial charge < -0.3 is 15.4 Å². The molecule has 1 saturated carbocycles. The first kappa shape index (κ1) is 14.7. The van der Waals surface area contributed by atoms with Gasteiger partial charge in [0.05, 0.1) is 0 Å². The van der Waals surface area contributed by atoms with Crippen LogP contribution in [-0.4, -0.2) is 31.0 Å². The van der Waals surface area contributed by atoms with E-state index in [-0.39, 0.29) is 12.5 Å². The van der Waals surface area contributed by atoms with E-state index < -0.39 is 0 Å². The molecule has 0 bridgehead atoms. The topological polar surface area (TPSA) is 55.6 Å². The molecule has 0 unspecified atom stereocenters. The Morgan fingerprint density at radius 3 is 2.80 bits per heavy atom. The van der Waals surface area contributed by atoms with Crippen molar-refractivity contribution in [3.63, 3.8) is 0 Å². The minimum atomic E-state index is 0.0259. The average molecular weight is 276 g/mol. The van der Waals surface area contributed by atoms with Crippen molar-refractivity contribution in [3.8, 4) is 5.75 Å². The standard InChI is InChI=1S/C16H24N2O2/c1-18(11-13-6-3-2-4-7-13)16(19)12-20-15-9-5-8-14(17)10-15/h5,8-10,13H,2-4,6-7,11-12,17H2,1H3. The quantitative estimate of drug-likeness (QED) is 0.841. The van der Waals surface area contributed by atoms with Crippen LogP contribution in [0.5, 0.6) is 5.75 Å². The molecule has 0 saturated heterocycles. The molecule has 2 rings (SSSR count). The molecule has 1 aliphatic carbocycles. The molecule has 0 radical (unpaired) electrons. The Morgan fingerprint density at radius 2 is 2.10 bits per heavy atom. The third-order valence-electron chi connectivity index (χ3n) is 3.90. The summed E-state index contributed by atoms with van der Waals surface area (Å²) in [4.78, 5) is 13.8. The first-order valence-corrected chi connectivity index (χ1v) is 7.37. The molecule has 0 heterocycles. The molecule has 1 aliphatic rings. The van der Waals surface area contributed by atoms with Crippen LogP contribution in [0.1, 0.15) is 32.1 Å². The molecule has 110 valence electrons. The van der Waals surface area contributed by atoms with Gasteiger partial charge in [-0.25, -0.2) is 0 Å². The van der Waals surface area contributed by atoms with Crippen molar-refractivity contribution in [3.05, 3.63) is 24.3 Å². The predicted octanol–water partition coefficient (Wildman–Crippen LogP) is 2.69. The number of hydrogen-bond donors (Lipinski definition) is 1. The van der Waals surface area contributed by atoms with Crippen molar-refractivity contribution >= 4 is 11.6 Å². The SMILES string of the molecule is CN(CC1CCCCC1)C(=O)COc1cccc(N)c1. The summed E-state index contributed by atoms with van der Waals surface area (Å²) < 4.78 is 5.49. The second kappa shape index (κ2) is 7.17. The number of amides is 1. The molecule has 0 aliphatic heterocycles.